The molecule has 0 aliphatic carbocycles. The Labute approximate surface area is 219 Å². The Morgan fingerprint density at radius 2 is 1.29 bits per heavy atom. The van der Waals surface area contributed by atoms with Crippen molar-refractivity contribution in [2.45, 2.75) is 13.8 Å². The summed E-state index contributed by atoms with van der Waals surface area (Å²) < 4.78 is 45.2. The molecule has 204 valence electrons. The Hall–Kier alpha value is -4.39. The van der Waals surface area contributed by atoms with Crippen LogP contribution in [-0.4, -0.2) is 64.0 Å². The van der Waals surface area contributed by atoms with E-state index in [1.807, 2.05) is 0 Å². The lowest BCUT2D eigenvalue weighted by Gasteiger charge is -2.09. The van der Waals surface area contributed by atoms with Gasteiger partial charge in [-0.25, -0.2) is 18.0 Å². The largest absolute Gasteiger partial charge is 0.495 e. The molecular formula is C25H30N4O8S. The van der Waals surface area contributed by atoms with Gasteiger partial charge in [0, 0.05) is 21.8 Å². The normalized spacial score (nSPS) is 11.0. The third-order valence-corrected chi connectivity index (χ3v) is 5.79. The number of rotatable bonds is 8. The van der Waals surface area contributed by atoms with Gasteiger partial charge in [-0.2, -0.15) is 0 Å². The van der Waals surface area contributed by atoms with Crippen LogP contribution in [0.3, 0.4) is 0 Å². The highest BCUT2D eigenvalue weighted by atomic mass is 32.2. The SMILES string of the molecule is CCOC(=O)c1cc2cc(OC)c(N)cc2[nH]1.CCOC(=O)c1cc2cc(OC)c(NS(C)(=O)=O)cc2[nH]1. The average molecular weight is 547 g/mol. The first-order valence-electron chi connectivity index (χ1n) is 11.5. The topological polar surface area (TPSA) is 175 Å². The predicted octanol–water partition coefficient (Wildman–Crippen LogP) is 3.66. The van der Waals surface area contributed by atoms with Crippen LogP contribution in [0.15, 0.2) is 36.4 Å². The van der Waals surface area contributed by atoms with Crippen molar-refractivity contribution in [1.82, 2.24) is 9.97 Å². The molecule has 0 spiro atoms. The van der Waals surface area contributed by atoms with E-state index < -0.39 is 16.0 Å². The van der Waals surface area contributed by atoms with Gasteiger partial charge in [0.05, 0.1) is 45.1 Å². The molecule has 38 heavy (non-hydrogen) atoms. The quantitative estimate of drug-likeness (QED) is 0.190. The first-order chi connectivity index (χ1) is 18.0. The maximum Gasteiger partial charge on any atom is 0.354 e. The number of methoxy groups -OCH3 is 2. The number of nitrogens with one attached hydrogen (secondary N) is 3. The minimum atomic E-state index is -3.43. The number of hydrogen-bond acceptors (Lipinski definition) is 9. The van der Waals surface area contributed by atoms with Gasteiger partial charge >= 0.3 is 11.9 Å². The fraction of sp³-hybridized carbons (Fsp3) is 0.280. The number of nitrogen functional groups attached to an aromatic ring is 1. The number of nitrogens with two attached hydrogens (primary N) is 1. The van der Waals surface area contributed by atoms with Gasteiger partial charge in [-0.15, -0.1) is 0 Å². The summed E-state index contributed by atoms with van der Waals surface area (Å²) in [6, 6.07) is 10.1. The average Bonchev–Trinajstić information content (AvgIpc) is 3.46. The van der Waals surface area contributed by atoms with E-state index in [9.17, 15) is 18.0 Å². The zero-order valence-electron chi connectivity index (χ0n) is 21.6. The first kappa shape index (κ1) is 28.2. The maximum atomic E-state index is 11.7. The van der Waals surface area contributed by atoms with Crippen molar-refractivity contribution in [2.75, 3.05) is 44.1 Å². The summed E-state index contributed by atoms with van der Waals surface area (Å²) >= 11 is 0. The van der Waals surface area contributed by atoms with Crippen molar-refractivity contribution in [3.63, 3.8) is 0 Å². The van der Waals surface area contributed by atoms with Gasteiger partial charge < -0.3 is 34.6 Å². The monoisotopic (exact) mass is 546 g/mol. The van der Waals surface area contributed by atoms with E-state index in [4.69, 9.17) is 24.7 Å². The van der Waals surface area contributed by atoms with Gasteiger partial charge in [0.15, 0.2) is 0 Å². The zero-order valence-corrected chi connectivity index (χ0v) is 22.4. The number of anilines is 2. The van der Waals surface area contributed by atoms with E-state index in [1.54, 1.807) is 57.4 Å². The Morgan fingerprint density at radius 1 is 0.816 bits per heavy atom. The number of carbonyl (C=O) groups is 2. The fourth-order valence-electron chi connectivity index (χ4n) is 3.60. The second-order valence-electron chi connectivity index (χ2n) is 8.00. The third kappa shape index (κ3) is 6.68. The molecule has 12 nitrogen and oxygen atoms in total. The van der Waals surface area contributed by atoms with Gasteiger partial charge in [0.1, 0.15) is 22.9 Å². The van der Waals surface area contributed by atoms with E-state index in [-0.39, 0.29) is 12.6 Å². The first-order valence-corrected chi connectivity index (χ1v) is 13.4. The molecule has 0 saturated carbocycles. The molecule has 0 atom stereocenters. The number of carbonyl (C=O) groups excluding carboxylic acids is 2. The molecule has 0 radical (unpaired) electrons. The van der Waals surface area contributed by atoms with Crippen LogP contribution in [0.4, 0.5) is 11.4 Å². The Balaban J connectivity index is 0.000000215. The van der Waals surface area contributed by atoms with Crippen LogP contribution in [-0.2, 0) is 19.5 Å². The van der Waals surface area contributed by atoms with Crippen molar-refractivity contribution >= 4 is 55.1 Å². The predicted molar refractivity (Wildman–Crippen MR) is 144 cm³/mol. The van der Waals surface area contributed by atoms with Crippen LogP contribution in [0.5, 0.6) is 11.5 Å². The van der Waals surface area contributed by atoms with Gasteiger partial charge in [-0.05, 0) is 50.2 Å². The number of sulfonamides is 1. The molecule has 0 saturated heterocycles. The minimum absolute atomic E-state index is 0.276. The number of H-pyrrole nitrogens is 2. The van der Waals surface area contributed by atoms with E-state index in [0.29, 0.717) is 51.8 Å². The lowest BCUT2D eigenvalue weighted by Crippen LogP contribution is -2.10. The minimum Gasteiger partial charge on any atom is -0.495 e. The Bertz CT molecular complexity index is 1570. The van der Waals surface area contributed by atoms with Crippen LogP contribution in [0.2, 0.25) is 0 Å². The second kappa shape index (κ2) is 11.8. The molecule has 0 amide bonds. The van der Waals surface area contributed by atoms with Crippen LogP contribution in [0, 0.1) is 0 Å². The van der Waals surface area contributed by atoms with E-state index in [0.717, 1.165) is 17.2 Å². The Kier molecular flexibility index (Phi) is 8.73. The van der Waals surface area contributed by atoms with Crippen molar-refractivity contribution < 1.29 is 37.0 Å². The zero-order chi connectivity index (χ0) is 28.0. The summed E-state index contributed by atoms with van der Waals surface area (Å²) in [5, 5.41) is 1.58. The molecule has 4 aromatic rings. The highest BCUT2D eigenvalue weighted by molar-refractivity contribution is 7.92. The van der Waals surface area contributed by atoms with E-state index in [1.165, 1.54) is 7.11 Å². The van der Waals surface area contributed by atoms with Crippen molar-refractivity contribution in [2.24, 2.45) is 0 Å². The van der Waals surface area contributed by atoms with Crippen LogP contribution in [0.25, 0.3) is 21.8 Å². The Morgan fingerprint density at radius 3 is 1.74 bits per heavy atom. The highest BCUT2D eigenvalue weighted by Gasteiger charge is 2.15. The van der Waals surface area contributed by atoms with Crippen LogP contribution >= 0.6 is 0 Å². The third-order valence-electron chi connectivity index (χ3n) is 5.20. The molecule has 4 rings (SSSR count). The number of benzene rings is 2. The summed E-state index contributed by atoms with van der Waals surface area (Å²) in [6.07, 6.45) is 1.05. The lowest BCUT2D eigenvalue weighted by atomic mass is 10.2. The molecule has 0 fully saturated rings. The molecule has 13 heteroatoms. The fourth-order valence-corrected chi connectivity index (χ4v) is 4.16. The molecule has 2 aromatic carbocycles. The molecule has 0 unspecified atom stereocenters. The van der Waals surface area contributed by atoms with Crippen molar-refractivity contribution in [3.05, 3.63) is 47.8 Å². The molecule has 2 heterocycles. The van der Waals surface area contributed by atoms with Gasteiger partial charge in [0.25, 0.3) is 0 Å². The van der Waals surface area contributed by atoms with Crippen LogP contribution in [0.1, 0.15) is 34.8 Å². The standard InChI is InChI=1S/C13H16N2O5S.C12H14N2O3/c1-4-20-13(16)11-5-8-6-12(19-2)10(7-9(8)14-11)15-21(3,17)18;1-3-17-12(15)10-4-7-5-11(16-2)8(13)6-9(7)14-10/h5-7,14-15H,4H2,1-3H3;4-6,14H,3,13H2,1-2H3. The van der Waals surface area contributed by atoms with Crippen molar-refractivity contribution in [1.29, 1.82) is 0 Å². The summed E-state index contributed by atoms with van der Waals surface area (Å²) in [5.74, 6) is 0.112. The molecular weight excluding hydrogens is 516 g/mol. The molecule has 0 bridgehead atoms. The molecule has 5 N–H and O–H groups in total. The summed E-state index contributed by atoms with van der Waals surface area (Å²) in [7, 11) is -0.442. The number of fused-ring (bicyclic) bond motifs is 2. The molecule has 2 aromatic heterocycles. The number of ether oxygens (including phenoxy) is 4. The molecule has 0 aliphatic rings. The van der Waals surface area contributed by atoms with E-state index >= 15 is 0 Å². The highest BCUT2D eigenvalue weighted by Crippen LogP contribution is 2.31. The number of aromatic amines is 2. The lowest BCUT2D eigenvalue weighted by molar-refractivity contribution is 0.0511. The van der Waals surface area contributed by atoms with Gasteiger partial charge in [-0.3, -0.25) is 4.72 Å². The maximum absolute atomic E-state index is 11.7. The summed E-state index contributed by atoms with van der Waals surface area (Å²) in [5.41, 5.74) is 8.70. The van der Waals surface area contributed by atoms with Crippen LogP contribution < -0.4 is 19.9 Å². The van der Waals surface area contributed by atoms with Crippen molar-refractivity contribution in [3.8, 4) is 11.5 Å². The van der Waals surface area contributed by atoms with Gasteiger partial charge in [-0.1, -0.05) is 0 Å². The second-order valence-corrected chi connectivity index (χ2v) is 9.75. The summed E-state index contributed by atoms with van der Waals surface area (Å²) in [4.78, 5) is 29.1. The number of aromatic nitrogens is 2. The summed E-state index contributed by atoms with van der Waals surface area (Å²) in [6.45, 7) is 4.11. The van der Waals surface area contributed by atoms with Gasteiger partial charge in [0.2, 0.25) is 10.0 Å². The number of hydrogen-bond donors (Lipinski definition) is 4. The van der Waals surface area contributed by atoms with E-state index in [2.05, 4.69) is 14.7 Å². The molecule has 0 aliphatic heterocycles. The number of esters is 2. The smallest absolute Gasteiger partial charge is 0.354 e.